The van der Waals surface area contributed by atoms with Crippen LogP contribution in [0.15, 0.2) is 186 Å². The first-order valence-corrected chi connectivity index (χ1v) is 19.6. The topological polar surface area (TPSA) is 13.1 Å². The average molecular weight is 713 g/mol. The smallest absolute Gasteiger partial charge is 0.136 e. The number of para-hydroxylation sites is 1. The van der Waals surface area contributed by atoms with Gasteiger partial charge in [0.15, 0.2) is 0 Å². The maximum Gasteiger partial charge on any atom is 0.136 e. The SMILES string of the molecule is CC1(C)c2ccc(-c3cccc(-c4c5ccccc5c(-c5ccc6ccccc6c5)c5ccccc45)c3)cc2-c2ccc3cc4oc5ccccc5c4cc3c21. The van der Waals surface area contributed by atoms with Gasteiger partial charge in [-0.2, -0.15) is 0 Å². The van der Waals surface area contributed by atoms with Gasteiger partial charge in [0.25, 0.3) is 0 Å². The van der Waals surface area contributed by atoms with Crippen LogP contribution in [0.1, 0.15) is 25.0 Å². The Morgan fingerprint density at radius 1 is 0.339 bits per heavy atom. The van der Waals surface area contributed by atoms with Crippen molar-refractivity contribution in [3.8, 4) is 44.5 Å². The lowest BCUT2D eigenvalue weighted by Gasteiger charge is -2.23. The molecular formula is C55H36O. The second-order valence-corrected chi connectivity index (χ2v) is 16.0. The number of benzene rings is 10. The van der Waals surface area contributed by atoms with E-state index in [0.717, 1.165) is 11.2 Å². The summed E-state index contributed by atoms with van der Waals surface area (Å²) in [7, 11) is 0. The van der Waals surface area contributed by atoms with E-state index in [0.29, 0.717) is 0 Å². The normalized spacial score (nSPS) is 13.3. The third-order valence-electron chi connectivity index (χ3n) is 12.6. The predicted molar refractivity (Wildman–Crippen MR) is 238 cm³/mol. The van der Waals surface area contributed by atoms with Gasteiger partial charge in [-0.15, -0.1) is 0 Å². The van der Waals surface area contributed by atoms with Crippen LogP contribution in [0.25, 0.3) is 110 Å². The fourth-order valence-electron chi connectivity index (χ4n) is 10.0. The Labute approximate surface area is 325 Å². The highest BCUT2D eigenvalue weighted by atomic mass is 16.3. The van der Waals surface area contributed by atoms with Crippen LogP contribution in [0.3, 0.4) is 0 Å². The van der Waals surface area contributed by atoms with E-state index in [1.807, 2.05) is 6.07 Å². The van der Waals surface area contributed by atoms with Crippen LogP contribution in [0.4, 0.5) is 0 Å². The summed E-state index contributed by atoms with van der Waals surface area (Å²) in [6.45, 7) is 4.76. The Morgan fingerprint density at radius 3 is 1.68 bits per heavy atom. The Balaban J connectivity index is 1.02. The molecule has 0 saturated heterocycles. The minimum atomic E-state index is -0.150. The summed E-state index contributed by atoms with van der Waals surface area (Å²) < 4.78 is 6.29. The lowest BCUT2D eigenvalue weighted by Crippen LogP contribution is -2.15. The minimum absolute atomic E-state index is 0.150. The van der Waals surface area contributed by atoms with Crippen molar-refractivity contribution in [3.63, 3.8) is 0 Å². The van der Waals surface area contributed by atoms with Gasteiger partial charge in [-0.3, -0.25) is 0 Å². The molecule has 1 aliphatic rings. The summed E-state index contributed by atoms with van der Waals surface area (Å²) >= 11 is 0. The second kappa shape index (κ2) is 11.5. The Morgan fingerprint density at radius 2 is 0.929 bits per heavy atom. The molecule has 0 spiro atoms. The maximum absolute atomic E-state index is 6.29. The summed E-state index contributed by atoms with van der Waals surface area (Å²) in [5.74, 6) is 0. The molecule has 0 fully saturated rings. The highest BCUT2D eigenvalue weighted by Gasteiger charge is 2.37. The van der Waals surface area contributed by atoms with E-state index in [9.17, 15) is 0 Å². The van der Waals surface area contributed by atoms with Crippen LogP contribution in [0.5, 0.6) is 0 Å². The van der Waals surface area contributed by atoms with E-state index in [-0.39, 0.29) is 5.41 Å². The van der Waals surface area contributed by atoms with Crippen molar-refractivity contribution < 1.29 is 4.42 Å². The quantitative estimate of drug-likeness (QED) is 0.166. The molecule has 262 valence electrons. The highest BCUT2D eigenvalue weighted by molar-refractivity contribution is 6.22. The molecule has 10 aromatic carbocycles. The van der Waals surface area contributed by atoms with E-state index in [4.69, 9.17) is 4.42 Å². The van der Waals surface area contributed by atoms with Gasteiger partial charge in [-0.25, -0.2) is 0 Å². The molecule has 1 heterocycles. The number of hydrogen-bond acceptors (Lipinski definition) is 1. The third-order valence-corrected chi connectivity index (χ3v) is 12.6. The van der Waals surface area contributed by atoms with Crippen molar-refractivity contribution >= 4 is 65.0 Å². The van der Waals surface area contributed by atoms with Crippen LogP contribution >= 0.6 is 0 Å². The number of fused-ring (bicyclic) bond motifs is 11. The fraction of sp³-hybridized carbons (Fsp3) is 0.0545. The van der Waals surface area contributed by atoms with Crippen molar-refractivity contribution in [2.75, 3.05) is 0 Å². The van der Waals surface area contributed by atoms with E-state index in [1.165, 1.54) is 109 Å². The molecule has 11 aromatic rings. The molecular weight excluding hydrogens is 677 g/mol. The summed E-state index contributed by atoms with van der Waals surface area (Å²) in [5.41, 5.74) is 14.6. The molecule has 0 atom stereocenters. The van der Waals surface area contributed by atoms with Crippen LogP contribution in [0.2, 0.25) is 0 Å². The van der Waals surface area contributed by atoms with E-state index in [1.54, 1.807) is 0 Å². The zero-order valence-corrected chi connectivity index (χ0v) is 31.2. The first-order chi connectivity index (χ1) is 27.5. The molecule has 0 radical (unpaired) electrons. The van der Waals surface area contributed by atoms with Crippen LogP contribution in [0, 0.1) is 0 Å². The Kier molecular flexibility index (Phi) is 6.46. The first kappa shape index (κ1) is 31.4. The van der Waals surface area contributed by atoms with Crippen molar-refractivity contribution in [3.05, 3.63) is 193 Å². The van der Waals surface area contributed by atoms with Gasteiger partial charge in [0.1, 0.15) is 11.2 Å². The van der Waals surface area contributed by atoms with Crippen molar-refractivity contribution in [1.82, 2.24) is 0 Å². The molecule has 0 amide bonds. The van der Waals surface area contributed by atoms with Gasteiger partial charge >= 0.3 is 0 Å². The third kappa shape index (κ3) is 4.43. The molecule has 0 aliphatic heterocycles. The van der Waals surface area contributed by atoms with Crippen LogP contribution < -0.4 is 0 Å². The molecule has 0 bridgehead atoms. The molecule has 1 aliphatic carbocycles. The fourth-order valence-corrected chi connectivity index (χ4v) is 10.0. The highest BCUT2D eigenvalue weighted by Crippen LogP contribution is 2.53. The van der Waals surface area contributed by atoms with Gasteiger partial charge in [-0.1, -0.05) is 159 Å². The van der Waals surface area contributed by atoms with Crippen molar-refractivity contribution in [1.29, 1.82) is 0 Å². The predicted octanol–water partition coefficient (Wildman–Crippen LogP) is 15.5. The van der Waals surface area contributed by atoms with Crippen LogP contribution in [-0.4, -0.2) is 0 Å². The number of furan rings is 1. The molecule has 0 N–H and O–H groups in total. The van der Waals surface area contributed by atoms with Crippen molar-refractivity contribution in [2.24, 2.45) is 0 Å². The number of hydrogen-bond donors (Lipinski definition) is 0. The second-order valence-electron chi connectivity index (χ2n) is 16.0. The van der Waals surface area contributed by atoms with Gasteiger partial charge in [0.2, 0.25) is 0 Å². The Hall–Kier alpha value is -6.96. The summed E-state index contributed by atoms with van der Waals surface area (Å²) in [4.78, 5) is 0. The van der Waals surface area contributed by atoms with E-state index < -0.39 is 0 Å². The zero-order valence-electron chi connectivity index (χ0n) is 31.2. The molecule has 0 saturated carbocycles. The van der Waals surface area contributed by atoms with Crippen molar-refractivity contribution in [2.45, 2.75) is 19.3 Å². The molecule has 1 nitrogen and oxygen atoms in total. The summed E-state index contributed by atoms with van der Waals surface area (Å²) in [6, 6.07) is 67.3. The standard InChI is InChI=1S/C55H36O/c1-55(2)49-27-25-36(30-47(49)45-26-24-37-31-51-48(32-46(37)54(45)55)40-16-9-10-21-50(40)56-51)35-14-11-15-38(29-35)52-41-17-5-7-19-43(41)53(44-20-8-6-18-42(44)52)39-23-22-33-12-3-4-13-34(33)28-39/h3-32H,1-2H3. The maximum atomic E-state index is 6.29. The van der Waals surface area contributed by atoms with Crippen LogP contribution in [-0.2, 0) is 5.41 Å². The van der Waals surface area contributed by atoms with E-state index in [2.05, 4.69) is 190 Å². The van der Waals surface area contributed by atoms with Gasteiger partial charge in [0.05, 0.1) is 0 Å². The largest absolute Gasteiger partial charge is 0.456 e. The summed E-state index contributed by atoms with van der Waals surface area (Å²) in [5, 5.41) is 12.5. The lowest BCUT2D eigenvalue weighted by atomic mass is 9.80. The Bertz CT molecular complexity index is 3390. The van der Waals surface area contributed by atoms with E-state index >= 15 is 0 Å². The van der Waals surface area contributed by atoms with Gasteiger partial charge < -0.3 is 4.42 Å². The average Bonchev–Trinajstić information content (AvgIpc) is 3.72. The lowest BCUT2D eigenvalue weighted by molar-refractivity contribution is 0.665. The molecule has 1 heteroatoms. The monoisotopic (exact) mass is 712 g/mol. The zero-order chi connectivity index (χ0) is 37.1. The molecule has 56 heavy (non-hydrogen) atoms. The first-order valence-electron chi connectivity index (χ1n) is 19.6. The van der Waals surface area contributed by atoms with Gasteiger partial charge in [0, 0.05) is 16.2 Å². The minimum Gasteiger partial charge on any atom is -0.456 e. The number of rotatable bonds is 3. The molecule has 1 aromatic heterocycles. The molecule has 12 rings (SSSR count). The summed E-state index contributed by atoms with van der Waals surface area (Å²) in [6.07, 6.45) is 0. The van der Waals surface area contributed by atoms with Gasteiger partial charge in [-0.05, 0) is 135 Å². The molecule has 0 unspecified atom stereocenters.